The number of thioether (sulfide) groups is 1. The van der Waals surface area contributed by atoms with Crippen LogP contribution in [0.4, 0.5) is 0 Å². The van der Waals surface area contributed by atoms with Gasteiger partial charge in [0.05, 0.1) is 24.0 Å². The van der Waals surface area contributed by atoms with Gasteiger partial charge in [-0.05, 0) is 31.9 Å². The molecule has 0 aliphatic carbocycles. The molecule has 1 aliphatic heterocycles. The van der Waals surface area contributed by atoms with E-state index in [9.17, 15) is 4.79 Å². The van der Waals surface area contributed by atoms with Gasteiger partial charge in [-0.3, -0.25) is 4.79 Å². The fraction of sp³-hybridized carbons (Fsp3) is 0.500. The number of hydrogen-bond acceptors (Lipinski definition) is 6. The largest absolute Gasteiger partial charge is 0.496 e. The van der Waals surface area contributed by atoms with Gasteiger partial charge in [0.15, 0.2) is 11.0 Å². The molecule has 1 aliphatic rings. The molecule has 0 radical (unpaired) electrons. The van der Waals surface area contributed by atoms with Crippen LogP contribution in [-0.2, 0) is 16.6 Å². The highest BCUT2D eigenvalue weighted by atomic mass is 32.2. The summed E-state index contributed by atoms with van der Waals surface area (Å²) in [7, 11) is 3.52. The average Bonchev–Trinajstić information content (AvgIpc) is 3.30. The molecule has 2 atom stereocenters. The van der Waals surface area contributed by atoms with E-state index in [-0.39, 0.29) is 17.3 Å². The molecule has 1 amide bonds. The molecule has 26 heavy (non-hydrogen) atoms. The summed E-state index contributed by atoms with van der Waals surface area (Å²) in [5, 5.41) is 11.9. The first-order valence-electron chi connectivity index (χ1n) is 8.69. The predicted octanol–water partition coefficient (Wildman–Crippen LogP) is 2.27. The Kier molecular flexibility index (Phi) is 6.16. The Balaban J connectivity index is 1.64. The monoisotopic (exact) mass is 376 g/mol. The van der Waals surface area contributed by atoms with Crippen LogP contribution >= 0.6 is 11.8 Å². The van der Waals surface area contributed by atoms with Crippen LogP contribution in [0.1, 0.15) is 19.8 Å². The number of aromatic nitrogens is 3. The number of nitrogens with zero attached hydrogens (tertiary/aromatic N) is 3. The van der Waals surface area contributed by atoms with Crippen molar-refractivity contribution < 1.29 is 14.3 Å². The number of benzene rings is 1. The highest BCUT2D eigenvalue weighted by Gasteiger charge is 2.22. The minimum atomic E-state index is -0.273. The van der Waals surface area contributed by atoms with Crippen molar-refractivity contribution in [3.8, 4) is 17.1 Å². The van der Waals surface area contributed by atoms with Gasteiger partial charge in [0.2, 0.25) is 5.91 Å². The molecule has 1 aromatic carbocycles. The van der Waals surface area contributed by atoms with Crippen LogP contribution in [0, 0.1) is 0 Å². The fourth-order valence-corrected chi connectivity index (χ4v) is 3.70. The molecule has 0 saturated carbocycles. The van der Waals surface area contributed by atoms with E-state index >= 15 is 0 Å². The van der Waals surface area contributed by atoms with Crippen molar-refractivity contribution in [3.63, 3.8) is 0 Å². The minimum absolute atomic E-state index is 0.0210. The SMILES string of the molecule is COc1ccccc1-c1nnc(S[C@H](C)C(=O)NC[C@H]2CCCO2)n1C. The van der Waals surface area contributed by atoms with Crippen molar-refractivity contribution >= 4 is 17.7 Å². The zero-order valence-electron chi connectivity index (χ0n) is 15.3. The Hall–Kier alpha value is -2.06. The number of ether oxygens (including phenoxy) is 2. The summed E-state index contributed by atoms with van der Waals surface area (Å²) in [6.45, 7) is 3.22. The zero-order valence-corrected chi connectivity index (χ0v) is 16.1. The van der Waals surface area contributed by atoms with E-state index in [1.165, 1.54) is 11.8 Å². The predicted molar refractivity (Wildman–Crippen MR) is 100 cm³/mol. The Morgan fingerprint density at radius 2 is 2.27 bits per heavy atom. The summed E-state index contributed by atoms with van der Waals surface area (Å²) in [4.78, 5) is 12.3. The number of carbonyl (C=O) groups excluding carboxylic acids is 1. The molecule has 7 nitrogen and oxygen atoms in total. The minimum Gasteiger partial charge on any atom is -0.496 e. The number of methoxy groups -OCH3 is 1. The molecule has 8 heteroatoms. The van der Waals surface area contributed by atoms with Gasteiger partial charge in [-0.25, -0.2) is 0 Å². The van der Waals surface area contributed by atoms with Gasteiger partial charge in [-0.15, -0.1) is 10.2 Å². The molecule has 0 spiro atoms. The van der Waals surface area contributed by atoms with Crippen LogP contribution in [0.3, 0.4) is 0 Å². The Labute approximate surface area is 157 Å². The summed E-state index contributed by atoms with van der Waals surface area (Å²) >= 11 is 1.39. The van der Waals surface area contributed by atoms with E-state index < -0.39 is 0 Å². The van der Waals surface area contributed by atoms with Crippen LogP contribution < -0.4 is 10.1 Å². The zero-order chi connectivity index (χ0) is 18.5. The fourth-order valence-electron chi connectivity index (χ4n) is 2.86. The molecule has 1 aromatic heterocycles. The number of rotatable bonds is 7. The van der Waals surface area contributed by atoms with Crippen LogP contribution in [0.15, 0.2) is 29.4 Å². The third kappa shape index (κ3) is 4.19. The van der Waals surface area contributed by atoms with Gasteiger partial charge in [-0.2, -0.15) is 0 Å². The lowest BCUT2D eigenvalue weighted by Gasteiger charge is -2.14. The van der Waals surface area contributed by atoms with Gasteiger partial charge in [0.25, 0.3) is 0 Å². The second kappa shape index (κ2) is 8.55. The van der Waals surface area contributed by atoms with Gasteiger partial charge < -0.3 is 19.4 Å². The van der Waals surface area contributed by atoms with E-state index in [1.54, 1.807) is 7.11 Å². The third-order valence-corrected chi connectivity index (χ3v) is 5.50. The van der Waals surface area contributed by atoms with E-state index in [0.29, 0.717) is 17.5 Å². The number of para-hydroxylation sites is 1. The smallest absolute Gasteiger partial charge is 0.233 e. The number of nitrogens with one attached hydrogen (secondary N) is 1. The third-order valence-electron chi connectivity index (χ3n) is 4.36. The van der Waals surface area contributed by atoms with E-state index in [2.05, 4.69) is 15.5 Å². The average molecular weight is 376 g/mol. The van der Waals surface area contributed by atoms with Gasteiger partial charge in [0.1, 0.15) is 5.75 Å². The molecule has 2 aromatic rings. The van der Waals surface area contributed by atoms with Crippen molar-refractivity contribution in [3.05, 3.63) is 24.3 Å². The normalized spacial score (nSPS) is 17.9. The van der Waals surface area contributed by atoms with Gasteiger partial charge in [-0.1, -0.05) is 23.9 Å². The second-order valence-electron chi connectivity index (χ2n) is 6.21. The van der Waals surface area contributed by atoms with Crippen LogP contribution in [-0.4, -0.2) is 52.3 Å². The molecule has 2 heterocycles. The molecule has 3 rings (SSSR count). The van der Waals surface area contributed by atoms with Crippen LogP contribution in [0.5, 0.6) is 5.75 Å². The lowest BCUT2D eigenvalue weighted by molar-refractivity contribution is -0.120. The maximum absolute atomic E-state index is 12.3. The van der Waals surface area contributed by atoms with Gasteiger partial charge in [0, 0.05) is 20.2 Å². The molecule has 1 N–H and O–H groups in total. The van der Waals surface area contributed by atoms with Crippen molar-refractivity contribution in [2.45, 2.75) is 36.3 Å². The highest BCUT2D eigenvalue weighted by Crippen LogP contribution is 2.31. The van der Waals surface area contributed by atoms with Crippen molar-refractivity contribution in [1.29, 1.82) is 0 Å². The summed E-state index contributed by atoms with van der Waals surface area (Å²) in [6.07, 6.45) is 2.21. The van der Waals surface area contributed by atoms with Crippen LogP contribution in [0.2, 0.25) is 0 Å². The molecule has 1 fully saturated rings. The maximum Gasteiger partial charge on any atom is 0.233 e. The Bertz CT molecular complexity index is 759. The quantitative estimate of drug-likeness (QED) is 0.747. The maximum atomic E-state index is 12.3. The van der Waals surface area contributed by atoms with Crippen molar-refractivity contribution in [2.75, 3.05) is 20.3 Å². The molecular weight excluding hydrogens is 352 g/mol. The molecular formula is C18H24N4O3S. The molecule has 1 saturated heterocycles. The molecule has 0 unspecified atom stereocenters. The van der Waals surface area contributed by atoms with E-state index in [0.717, 1.165) is 30.8 Å². The number of amides is 1. The van der Waals surface area contributed by atoms with Gasteiger partial charge >= 0.3 is 0 Å². The first-order chi connectivity index (χ1) is 12.6. The first kappa shape index (κ1) is 18.7. The molecule has 0 bridgehead atoms. The number of carbonyl (C=O) groups is 1. The second-order valence-corrected chi connectivity index (χ2v) is 7.51. The first-order valence-corrected chi connectivity index (χ1v) is 9.57. The topological polar surface area (TPSA) is 78.3 Å². The molecule has 140 valence electrons. The summed E-state index contributed by atoms with van der Waals surface area (Å²) < 4.78 is 12.8. The lowest BCUT2D eigenvalue weighted by atomic mass is 10.2. The standard InChI is InChI=1S/C18H24N4O3S/c1-12(17(23)19-11-13-7-6-10-25-13)26-18-21-20-16(22(18)2)14-8-4-5-9-15(14)24-3/h4-5,8-9,12-13H,6-7,10-11H2,1-3H3,(H,19,23)/t12-,13-/m1/s1. The number of hydrogen-bond donors (Lipinski definition) is 1. The van der Waals surface area contributed by atoms with E-state index in [4.69, 9.17) is 9.47 Å². The van der Waals surface area contributed by atoms with Crippen molar-refractivity contribution in [2.24, 2.45) is 7.05 Å². The lowest BCUT2D eigenvalue weighted by Crippen LogP contribution is -2.36. The van der Waals surface area contributed by atoms with Crippen LogP contribution in [0.25, 0.3) is 11.4 Å². The Morgan fingerprint density at radius 3 is 3.00 bits per heavy atom. The van der Waals surface area contributed by atoms with E-state index in [1.807, 2.05) is 42.8 Å². The Morgan fingerprint density at radius 1 is 1.46 bits per heavy atom. The highest BCUT2D eigenvalue weighted by molar-refractivity contribution is 8.00. The van der Waals surface area contributed by atoms with Crippen molar-refractivity contribution in [1.82, 2.24) is 20.1 Å². The summed E-state index contributed by atoms with van der Waals surface area (Å²) in [5.74, 6) is 1.42. The summed E-state index contributed by atoms with van der Waals surface area (Å²) in [5.41, 5.74) is 0.868. The summed E-state index contributed by atoms with van der Waals surface area (Å²) in [6, 6.07) is 7.67.